The van der Waals surface area contributed by atoms with Crippen molar-refractivity contribution in [2.75, 3.05) is 6.61 Å². The van der Waals surface area contributed by atoms with Gasteiger partial charge >= 0.3 is 0 Å². The number of carbonyl (C=O) groups excluding carboxylic acids is 2. The third kappa shape index (κ3) is 6.63. The lowest BCUT2D eigenvalue weighted by atomic mass is 10.1. The fourth-order valence-electron chi connectivity index (χ4n) is 3.86. The first-order chi connectivity index (χ1) is 15.4. The van der Waals surface area contributed by atoms with E-state index in [1.54, 1.807) is 25.1 Å². The molecule has 0 aromatic heterocycles. The number of amides is 2. The van der Waals surface area contributed by atoms with Crippen molar-refractivity contribution in [2.45, 2.75) is 64.6 Å². The first kappa shape index (κ1) is 24.4. The van der Waals surface area contributed by atoms with Gasteiger partial charge in [-0.1, -0.05) is 61.2 Å². The standard InChI is InChI=1S/C25H30Cl2N2O3/c1-3-18-8-11-21(12-9-18)32-16-24(30)29(15-19-10-13-22(26)23(27)14-19)17(2)25(31)28-20-6-4-5-7-20/h8-14,17,20H,3-7,15-16H2,1-2H3,(H,28,31). The molecule has 0 saturated heterocycles. The molecule has 7 heteroatoms. The molecule has 1 saturated carbocycles. The minimum Gasteiger partial charge on any atom is -0.484 e. The minimum atomic E-state index is -0.649. The summed E-state index contributed by atoms with van der Waals surface area (Å²) < 4.78 is 5.72. The summed E-state index contributed by atoms with van der Waals surface area (Å²) in [5.41, 5.74) is 1.99. The van der Waals surface area contributed by atoms with E-state index < -0.39 is 6.04 Å². The number of rotatable bonds is 9. The van der Waals surface area contributed by atoms with Crippen LogP contribution in [0.3, 0.4) is 0 Å². The molecule has 1 aliphatic carbocycles. The molecule has 5 nitrogen and oxygen atoms in total. The van der Waals surface area contributed by atoms with E-state index in [2.05, 4.69) is 12.2 Å². The molecule has 0 heterocycles. The quantitative estimate of drug-likeness (QED) is 0.526. The molecule has 1 N–H and O–H groups in total. The van der Waals surface area contributed by atoms with Crippen LogP contribution >= 0.6 is 23.2 Å². The van der Waals surface area contributed by atoms with Crippen molar-refractivity contribution in [2.24, 2.45) is 0 Å². The molecular weight excluding hydrogens is 447 g/mol. The highest BCUT2D eigenvalue weighted by molar-refractivity contribution is 6.42. The lowest BCUT2D eigenvalue weighted by Crippen LogP contribution is -2.50. The van der Waals surface area contributed by atoms with Crippen molar-refractivity contribution in [3.05, 3.63) is 63.6 Å². The summed E-state index contributed by atoms with van der Waals surface area (Å²) >= 11 is 12.2. The van der Waals surface area contributed by atoms with Crippen molar-refractivity contribution in [1.82, 2.24) is 10.2 Å². The predicted molar refractivity (Wildman–Crippen MR) is 128 cm³/mol. The molecule has 2 amide bonds. The van der Waals surface area contributed by atoms with Crippen LogP contribution < -0.4 is 10.1 Å². The van der Waals surface area contributed by atoms with Gasteiger partial charge in [-0.3, -0.25) is 9.59 Å². The van der Waals surface area contributed by atoms with Crippen molar-refractivity contribution in [1.29, 1.82) is 0 Å². The first-order valence-corrected chi connectivity index (χ1v) is 11.9. The Kier molecular flexibility index (Phi) is 8.83. The van der Waals surface area contributed by atoms with E-state index in [0.717, 1.165) is 37.7 Å². The summed E-state index contributed by atoms with van der Waals surface area (Å²) in [6, 6.07) is 12.4. The van der Waals surface area contributed by atoms with Gasteiger partial charge in [0.05, 0.1) is 10.0 Å². The molecule has 0 aliphatic heterocycles. The van der Waals surface area contributed by atoms with Crippen molar-refractivity contribution in [3.8, 4) is 5.75 Å². The summed E-state index contributed by atoms with van der Waals surface area (Å²) in [7, 11) is 0. The van der Waals surface area contributed by atoms with Crippen molar-refractivity contribution >= 4 is 35.0 Å². The van der Waals surface area contributed by atoms with E-state index in [-0.39, 0.29) is 31.0 Å². The molecular formula is C25H30Cl2N2O3. The highest BCUT2D eigenvalue weighted by Crippen LogP contribution is 2.24. The summed E-state index contributed by atoms with van der Waals surface area (Å²) in [6.07, 6.45) is 5.14. The molecule has 0 bridgehead atoms. The molecule has 1 aliphatic rings. The van der Waals surface area contributed by atoms with Crippen LogP contribution in [0.2, 0.25) is 10.0 Å². The second-order valence-electron chi connectivity index (χ2n) is 8.22. The molecule has 1 unspecified atom stereocenters. The lowest BCUT2D eigenvalue weighted by Gasteiger charge is -2.29. The molecule has 1 fully saturated rings. The number of benzene rings is 2. The monoisotopic (exact) mass is 476 g/mol. The second-order valence-corrected chi connectivity index (χ2v) is 9.04. The number of halogens is 2. The van der Waals surface area contributed by atoms with Gasteiger partial charge in [0.1, 0.15) is 11.8 Å². The Morgan fingerprint density at radius 1 is 1.06 bits per heavy atom. The number of ether oxygens (including phenoxy) is 1. The summed E-state index contributed by atoms with van der Waals surface area (Å²) in [5.74, 6) is 0.190. The highest BCUT2D eigenvalue weighted by Gasteiger charge is 2.28. The van der Waals surface area contributed by atoms with E-state index in [1.165, 1.54) is 10.5 Å². The van der Waals surface area contributed by atoms with Crippen molar-refractivity contribution < 1.29 is 14.3 Å². The van der Waals surface area contributed by atoms with Crippen LogP contribution in [-0.2, 0) is 22.6 Å². The summed E-state index contributed by atoms with van der Waals surface area (Å²) in [5, 5.41) is 3.94. The van der Waals surface area contributed by atoms with Crippen LogP contribution in [0.25, 0.3) is 0 Å². The number of nitrogens with one attached hydrogen (secondary N) is 1. The molecule has 1 atom stereocenters. The zero-order chi connectivity index (χ0) is 23.1. The average molecular weight is 477 g/mol. The highest BCUT2D eigenvalue weighted by atomic mass is 35.5. The van der Waals surface area contributed by atoms with Crippen LogP contribution in [0.15, 0.2) is 42.5 Å². The smallest absolute Gasteiger partial charge is 0.261 e. The Balaban J connectivity index is 1.71. The number of carbonyl (C=O) groups is 2. The Bertz CT molecular complexity index is 927. The minimum absolute atomic E-state index is 0.155. The fraction of sp³-hybridized carbons (Fsp3) is 0.440. The zero-order valence-electron chi connectivity index (χ0n) is 18.6. The molecule has 0 radical (unpaired) electrons. The normalized spacial score (nSPS) is 14.8. The predicted octanol–water partition coefficient (Wildman–Crippen LogP) is 5.41. The van der Waals surface area contributed by atoms with Gasteiger partial charge in [-0.2, -0.15) is 0 Å². The van der Waals surface area contributed by atoms with E-state index in [9.17, 15) is 9.59 Å². The van der Waals surface area contributed by atoms with E-state index in [4.69, 9.17) is 27.9 Å². The Morgan fingerprint density at radius 3 is 2.34 bits per heavy atom. The Hall–Kier alpha value is -2.24. The second kappa shape index (κ2) is 11.6. The Morgan fingerprint density at radius 2 is 1.72 bits per heavy atom. The number of hydrogen-bond donors (Lipinski definition) is 1. The number of nitrogens with zero attached hydrogens (tertiary/aromatic N) is 1. The van der Waals surface area contributed by atoms with E-state index in [0.29, 0.717) is 15.8 Å². The molecule has 2 aromatic rings. The zero-order valence-corrected chi connectivity index (χ0v) is 20.1. The van der Waals surface area contributed by atoms with E-state index in [1.807, 2.05) is 24.3 Å². The fourth-order valence-corrected chi connectivity index (χ4v) is 4.18. The van der Waals surface area contributed by atoms with Gasteiger partial charge in [-0.05, 0) is 61.6 Å². The maximum atomic E-state index is 13.1. The maximum absolute atomic E-state index is 13.1. The van der Waals surface area contributed by atoms with Gasteiger partial charge < -0.3 is 15.0 Å². The van der Waals surface area contributed by atoms with Crippen LogP contribution in [0.1, 0.15) is 50.7 Å². The lowest BCUT2D eigenvalue weighted by molar-refractivity contribution is -0.142. The van der Waals surface area contributed by atoms with Gasteiger partial charge in [-0.25, -0.2) is 0 Å². The van der Waals surface area contributed by atoms with Crippen LogP contribution in [0, 0.1) is 0 Å². The van der Waals surface area contributed by atoms with Crippen LogP contribution in [-0.4, -0.2) is 35.4 Å². The Labute approximate surface area is 200 Å². The number of hydrogen-bond acceptors (Lipinski definition) is 3. The topological polar surface area (TPSA) is 58.6 Å². The molecule has 2 aromatic carbocycles. The molecule has 172 valence electrons. The van der Waals surface area contributed by atoms with Crippen molar-refractivity contribution in [3.63, 3.8) is 0 Å². The van der Waals surface area contributed by atoms with Gasteiger partial charge in [0, 0.05) is 12.6 Å². The maximum Gasteiger partial charge on any atom is 0.261 e. The summed E-state index contributed by atoms with van der Waals surface area (Å²) in [4.78, 5) is 27.6. The largest absolute Gasteiger partial charge is 0.484 e. The molecule has 3 rings (SSSR count). The third-order valence-electron chi connectivity index (χ3n) is 5.90. The number of aryl methyl sites for hydroxylation is 1. The molecule has 0 spiro atoms. The third-order valence-corrected chi connectivity index (χ3v) is 6.64. The SMILES string of the molecule is CCc1ccc(OCC(=O)N(Cc2ccc(Cl)c(Cl)c2)C(C)C(=O)NC2CCCC2)cc1. The average Bonchev–Trinajstić information content (AvgIpc) is 3.31. The van der Waals surface area contributed by atoms with Crippen LogP contribution in [0.4, 0.5) is 0 Å². The van der Waals surface area contributed by atoms with Gasteiger partial charge in [-0.15, -0.1) is 0 Å². The molecule has 32 heavy (non-hydrogen) atoms. The van der Waals surface area contributed by atoms with Gasteiger partial charge in [0.2, 0.25) is 5.91 Å². The van der Waals surface area contributed by atoms with Gasteiger partial charge in [0.15, 0.2) is 6.61 Å². The summed E-state index contributed by atoms with van der Waals surface area (Å²) in [6.45, 7) is 3.90. The van der Waals surface area contributed by atoms with Crippen LogP contribution in [0.5, 0.6) is 5.75 Å². The first-order valence-electron chi connectivity index (χ1n) is 11.1. The van der Waals surface area contributed by atoms with E-state index >= 15 is 0 Å². The van der Waals surface area contributed by atoms with Gasteiger partial charge in [0.25, 0.3) is 5.91 Å².